The highest BCUT2D eigenvalue weighted by Gasteiger charge is 2.44. The number of ether oxygens (including phenoxy) is 1. The normalized spacial score (nSPS) is 18.2. The lowest BCUT2D eigenvalue weighted by molar-refractivity contribution is -0.119. The third-order valence-corrected chi connectivity index (χ3v) is 6.44. The lowest BCUT2D eigenvalue weighted by Gasteiger charge is -2.41. The van der Waals surface area contributed by atoms with Crippen LogP contribution in [0, 0.1) is 6.92 Å². The van der Waals surface area contributed by atoms with Crippen LogP contribution in [0.2, 0.25) is 0 Å². The zero-order valence-corrected chi connectivity index (χ0v) is 17.8. The van der Waals surface area contributed by atoms with E-state index in [1.54, 1.807) is 29.4 Å². The van der Waals surface area contributed by atoms with Crippen molar-refractivity contribution in [2.45, 2.75) is 18.9 Å². The van der Waals surface area contributed by atoms with E-state index in [0.29, 0.717) is 18.7 Å². The quantitative estimate of drug-likeness (QED) is 0.633. The second-order valence-electron chi connectivity index (χ2n) is 7.32. The number of carbonyl (C=O) groups is 2. The average molecular weight is 421 g/mol. The Morgan fingerprint density at radius 2 is 1.87 bits per heavy atom. The molecular weight excluding hydrogens is 396 g/mol. The number of hydrogen-bond acceptors (Lipinski definition) is 4. The van der Waals surface area contributed by atoms with E-state index < -0.39 is 5.92 Å². The average Bonchev–Trinajstić information content (AvgIpc) is 3.29. The van der Waals surface area contributed by atoms with Gasteiger partial charge in [-0.1, -0.05) is 42.5 Å². The summed E-state index contributed by atoms with van der Waals surface area (Å²) in [5.74, 6) is -0.708. The van der Waals surface area contributed by atoms with E-state index in [4.69, 9.17) is 4.74 Å². The van der Waals surface area contributed by atoms with Crippen LogP contribution >= 0.6 is 11.3 Å². The third-order valence-electron chi connectivity index (χ3n) is 5.50. The molecule has 4 rings (SSSR count). The molecular formula is C24H24N2O3S. The summed E-state index contributed by atoms with van der Waals surface area (Å²) in [6, 6.07) is 18.7. The van der Waals surface area contributed by atoms with Crippen molar-refractivity contribution < 1.29 is 14.3 Å². The molecule has 2 aromatic carbocycles. The van der Waals surface area contributed by atoms with E-state index in [0.717, 1.165) is 21.7 Å². The van der Waals surface area contributed by atoms with Gasteiger partial charge in [0.15, 0.2) is 0 Å². The maximum Gasteiger partial charge on any atom is 0.254 e. The van der Waals surface area contributed by atoms with Crippen LogP contribution in [0.3, 0.4) is 0 Å². The first kappa shape index (κ1) is 20.3. The molecule has 0 aliphatic carbocycles. The van der Waals surface area contributed by atoms with Gasteiger partial charge in [-0.3, -0.25) is 9.59 Å². The lowest BCUT2D eigenvalue weighted by atomic mass is 9.81. The molecule has 1 N–H and O–H groups in total. The molecule has 30 heavy (non-hydrogen) atoms. The molecule has 0 saturated heterocycles. The summed E-state index contributed by atoms with van der Waals surface area (Å²) in [4.78, 5) is 29.8. The van der Waals surface area contributed by atoms with Gasteiger partial charge in [0.05, 0.1) is 18.6 Å². The molecule has 2 heterocycles. The Morgan fingerprint density at radius 1 is 1.10 bits per heavy atom. The number of carbonyl (C=O) groups excluding carboxylic acids is 2. The number of nitrogens with one attached hydrogen (secondary N) is 1. The number of thiophene rings is 1. The zero-order chi connectivity index (χ0) is 21.1. The maximum absolute atomic E-state index is 13.6. The highest BCUT2D eigenvalue weighted by Crippen LogP contribution is 2.44. The number of amides is 2. The molecule has 5 nitrogen and oxygen atoms in total. The van der Waals surface area contributed by atoms with Crippen molar-refractivity contribution in [1.82, 2.24) is 4.90 Å². The van der Waals surface area contributed by atoms with Gasteiger partial charge < -0.3 is 15.0 Å². The SMILES string of the molecule is COCCN1C(=O)c2ccccc2[C@@H](C(=O)Nc2ccccc2C)[C@H]1c1cccs1. The Kier molecular flexibility index (Phi) is 5.97. The highest BCUT2D eigenvalue weighted by molar-refractivity contribution is 7.10. The van der Waals surface area contributed by atoms with Crippen molar-refractivity contribution in [1.29, 1.82) is 0 Å². The number of anilines is 1. The molecule has 0 bridgehead atoms. The fourth-order valence-corrected chi connectivity index (χ4v) is 4.88. The predicted octanol–water partition coefficient (Wildman–Crippen LogP) is 4.62. The lowest BCUT2D eigenvalue weighted by Crippen LogP contribution is -2.47. The summed E-state index contributed by atoms with van der Waals surface area (Å²) < 4.78 is 5.26. The molecule has 0 spiro atoms. The molecule has 0 radical (unpaired) electrons. The summed E-state index contributed by atoms with van der Waals surface area (Å²) in [5, 5.41) is 5.08. The van der Waals surface area contributed by atoms with E-state index in [2.05, 4.69) is 5.32 Å². The van der Waals surface area contributed by atoms with Gasteiger partial charge in [-0.05, 0) is 41.6 Å². The first-order valence-corrected chi connectivity index (χ1v) is 10.8. The predicted molar refractivity (Wildman–Crippen MR) is 119 cm³/mol. The van der Waals surface area contributed by atoms with Crippen molar-refractivity contribution in [3.05, 3.63) is 87.6 Å². The van der Waals surface area contributed by atoms with Gasteiger partial charge in [0.1, 0.15) is 0 Å². The minimum Gasteiger partial charge on any atom is -0.383 e. The van der Waals surface area contributed by atoms with Crippen LogP contribution < -0.4 is 5.32 Å². The largest absolute Gasteiger partial charge is 0.383 e. The van der Waals surface area contributed by atoms with Gasteiger partial charge >= 0.3 is 0 Å². The van der Waals surface area contributed by atoms with Gasteiger partial charge in [0, 0.05) is 29.8 Å². The first-order chi connectivity index (χ1) is 14.6. The fraction of sp³-hybridized carbons (Fsp3) is 0.250. The summed E-state index contributed by atoms with van der Waals surface area (Å²) in [6.45, 7) is 2.79. The summed E-state index contributed by atoms with van der Waals surface area (Å²) in [5.41, 5.74) is 3.12. The molecule has 0 fully saturated rings. The number of nitrogens with zero attached hydrogens (tertiary/aromatic N) is 1. The fourth-order valence-electron chi connectivity index (χ4n) is 4.01. The number of hydrogen-bond donors (Lipinski definition) is 1. The molecule has 3 aromatic rings. The minimum absolute atomic E-state index is 0.0685. The van der Waals surface area contributed by atoms with Crippen molar-refractivity contribution in [2.75, 3.05) is 25.6 Å². The van der Waals surface area contributed by atoms with Crippen LogP contribution in [-0.2, 0) is 9.53 Å². The molecule has 2 atom stereocenters. The standard InChI is InChI=1S/C24H24N2O3S/c1-16-8-3-6-11-19(16)25-23(27)21-17-9-4-5-10-18(17)24(28)26(13-14-29-2)22(21)20-12-7-15-30-20/h3-12,15,21-22H,13-14H2,1-2H3,(H,25,27)/t21-,22-/m1/s1. The molecule has 1 aliphatic heterocycles. The monoisotopic (exact) mass is 420 g/mol. The maximum atomic E-state index is 13.6. The Bertz CT molecular complexity index is 1050. The second-order valence-corrected chi connectivity index (χ2v) is 8.30. The van der Waals surface area contributed by atoms with Crippen LogP contribution in [0.5, 0.6) is 0 Å². The van der Waals surface area contributed by atoms with Gasteiger partial charge in [-0.15, -0.1) is 11.3 Å². The topological polar surface area (TPSA) is 58.6 Å². The summed E-state index contributed by atoms with van der Waals surface area (Å²) in [7, 11) is 1.62. The minimum atomic E-state index is -0.519. The number of aryl methyl sites for hydroxylation is 1. The molecule has 6 heteroatoms. The van der Waals surface area contributed by atoms with Crippen molar-refractivity contribution in [2.24, 2.45) is 0 Å². The molecule has 0 saturated carbocycles. The number of benzene rings is 2. The van der Waals surface area contributed by atoms with E-state index in [1.807, 2.05) is 66.9 Å². The van der Waals surface area contributed by atoms with E-state index in [9.17, 15) is 9.59 Å². The second kappa shape index (κ2) is 8.81. The zero-order valence-electron chi connectivity index (χ0n) is 17.0. The smallest absolute Gasteiger partial charge is 0.254 e. The summed E-state index contributed by atoms with van der Waals surface area (Å²) >= 11 is 1.56. The number of methoxy groups -OCH3 is 1. The third kappa shape index (κ3) is 3.76. The molecule has 154 valence electrons. The van der Waals surface area contributed by atoms with Gasteiger partial charge in [0.2, 0.25) is 5.91 Å². The van der Waals surface area contributed by atoms with Crippen LogP contribution in [0.4, 0.5) is 5.69 Å². The van der Waals surface area contributed by atoms with E-state index in [1.165, 1.54) is 0 Å². The van der Waals surface area contributed by atoms with Crippen molar-refractivity contribution >= 4 is 28.8 Å². The van der Waals surface area contributed by atoms with Crippen LogP contribution in [0.25, 0.3) is 0 Å². The molecule has 2 amide bonds. The van der Waals surface area contributed by atoms with Crippen LogP contribution in [0.1, 0.15) is 38.3 Å². The van der Waals surface area contributed by atoms with Gasteiger partial charge in [0.25, 0.3) is 5.91 Å². The Hall–Kier alpha value is -2.96. The number of para-hydroxylation sites is 1. The molecule has 0 unspecified atom stereocenters. The highest BCUT2D eigenvalue weighted by atomic mass is 32.1. The van der Waals surface area contributed by atoms with Crippen LogP contribution in [0.15, 0.2) is 66.0 Å². The Labute approximate surface area is 180 Å². The number of fused-ring (bicyclic) bond motifs is 1. The Morgan fingerprint density at radius 3 is 2.60 bits per heavy atom. The molecule has 1 aromatic heterocycles. The van der Waals surface area contributed by atoms with E-state index in [-0.39, 0.29) is 17.9 Å². The molecule has 1 aliphatic rings. The van der Waals surface area contributed by atoms with Gasteiger partial charge in [-0.2, -0.15) is 0 Å². The summed E-state index contributed by atoms with van der Waals surface area (Å²) in [6.07, 6.45) is 0. The van der Waals surface area contributed by atoms with Crippen molar-refractivity contribution in [3.63, 3.8) is 0 Å². The van der Waals surface area contributed by atoms with E-state index >= 15 is 0 Å². The Balaban J connectivity index is 1.81. The first-order valence-electron chi connectivity index (χ1n) is 9.90. The van der Waals surface area contributed by atoms with Gasteiger partial charge in [-0.25, -0.2) is 0 Å². The number of rotatable bonds is 6. The van der Waals surface area contributed by atoms with Crippen molar-refractivity contribution in [3.8, 4) is 0 Å². The van der Waals surface area contributed by atoms with Crippen LogP contribution in [-0.4, -0.2) is 37.0 Å².